The lowest BCUT2D eigenvalue weighted by molar-refractivity contribution is -0.148. The van der Waals surface area contributed by atoms with Crippen molar-refractivity contribution in [3.63, 3.8) is 0 Å². The second-order valence-electron chi connectivity index (χ2n) is 4.28. The van der Waals surface area contributed by atoms with Gasteiger partial charge >= 0.3 is 5.97 Å². The maximum atomic E-state index is 11.7. The Morgan fingerprint density at radius 2 is 2.00 bits per heavy atom. The minimum atomic E-state index is -0.226. The molecule has 0 aliphatic heterocycles. The second-order valence-corrected chi connectivity index (χ2v) is 4.28. The van der Waals surface area contributed by atoms with Gasteiger partial charge in [0.15, 0.2) is 0 Å². The first-order valence-corrected chi connectivity index (χ1v) is 6.06. The fourth-order valence-electron chi connectivity index (χ4n) is 1.70. The molecule has 1 saturated carbocycles. The van der Waals surface area contributed by atoms with Gasteiger partial charge in [-0.1, -0.05) is 13.8 Å². The molecule has 0 radical (unpaired) electrons. The molecule has 4 nitrogen and oxygen atoms in total. The third kappa shape index (κ3) is 3.51. The molecular weight excluding hydrogens is 206 g/mol. The molecular formula is C12H21NO3. The number of carbonyl (C=O) groups excluding carboxylic acids is 2. The van der Waals surface area contributed by atoms with E-state index in [0.29, 0.717) is 25.6 Å². The van der Waals surface area contributed by atoms with Gasteiger partial charge in [-0.15, -0.1) is 0 Å². The number of esters is 1. The molecule has 0 bridgehead atoms. The van der Waals surface area contributed by atoms with E-state index in [1.807, 2.05) is 18.7 Å². The van der Waals surface area contributed by atoms with Crippen LogP contribution >= 0.6 is 0 Å². The van der Waals surface area contributed by atoms with E-state index in [1.165, 1.54) is 0 Å². The maximum Gasteiger partial charge on any atom is 0.310 e. The van der Waals surface area contributed by atoms with Gasteiger partial charge in [0.1, 0.15) is 0 Å². The molecule has 0 heterocycles. The first-order valence-electron chi connectivity index (χ1n) is 6.06. The van der Waals surface area contributed by atoms with E-state index in [0.717, 1.165) is 12.8 Å². The largest absolute Gasteiger partial charge is 0.466 e. The summed E-state index contributed by atoms with van der Waals surface area (Å²) in [6.45, 7) is 6.36. The van der Waals surface area contributed by atoms with Crippen LogP contribution in [0.3, 0.4) is 0 Å². The van der Waals surface area contributed by atoms with Gasteiger partial charge in [-0.2, -0.15) is 0 Å². The average molecular weight is 227 g/mol. The summed E-state index contributed by atoms with van der Waals surface area (Å²) in [5.41, 5.74) is 0. The maximum absolute atomic E-state index is 11.7. The number of nitrogens with zero attached hydrogens (tertiary/aromatic N) is 1. The molecule has 0 saturated heterocycles. The topological polar surface area (TPSA) is 46.6 Å². The normalized spacial score (nSPS) is 16.7. The van der Waals surface area contributed by atoms with E-state index in [1.54, 1.807) is 6.92 Å². The Labute approximate surface area is 96.9 Å². The molecule has 16 heavy (non-hydrogen) atoms. The van der Waals surface area contributed by atoms with Crippen LogP contribution in [0.5, 0.6) is 0 Å². The molecule has 0 aromatic rings. The van der Waals surface area contributed by atoms with Gasteiger partial charge < -0.3 is 9.64 Å². The van der Waals surface area contributed by atoms with Crippen molar-refractivity contribution >= 4 is 11.9 Å². The summed E-state index contributed by atoms with van der Waals surface area (Å²) in [6.07, 6.45) is 2.65. The van der Waals surface area contributed by atoms with Crippen molar-refractivity contribution in [2.24, 2.45) is 5.92 Å². The second kappa shape index (κ2) is 5.87. The summed E-state index contributed by atoms with van der Waals surface area (Å²) < 4.78 is 4.94. The summed E-state index contributed by atoms with van der Waals surface area (Å²) in [5, 5.41) is 0. The Hall–Kier alpha value is -1.06. The van der Waals surface area contributed by atoms with Crippen molar-refractivity contribution in [1.82, 2.24) is 4.90 Å². The first-order chi connectivity index (χ1) is 7.60. The van der Waals surface area contributed by atoms with E-state index >= 15 is 0 Å². The Morgan fingerprint density at radius 1 is 1.38 bits per heavy atom. The van der Waals surface area contributed by atoms with Crippen LogP contribution in [0, 0.1) is 5.92 Å². The molecule has 4 heteroatoms. The third-order valence-electron chi connectivity index (χ3n) is 2.77. The zero-order valence-corrected chi connectivity index (χ0v) is 10.4. The number of hydrogen-bond acceptors (Lipinski definition) is 3. The molecule has 1 amide bonds. The van der Waals surface area contributed by atoms with Crippen molar-refractivity contribution in [1.29, 1.82) is 0 Å². The van der Waals surface area contributed by atoms with Crippen LogP contribution in [0.15, 0.2) is 0 Å². The molecule has 1 aliphatic carbocycles. The predicted molar refractivity (Wildman–Crippen MR) is 60.8 cm³/mol. The minimum Gasteiger partial charge on any atom is -0.466 e. The van der Waals surface area contributed by atoms with E-state index in [4.69, 9.17) is 4.74 Å². The van der Waals surface area contributed by atoms with Crippen LogP contribution in [0.2, 0.25) is 0 Å². The predicted octanol–water partition coefficient (Wildman–Crippen LogP) is 1.59. The van der Waals surface area contributed by atoms with Gasteiger partial charge in [0.2, 0.25) is 5.91 Å². The number of ether oxygens (including phenoxy) is 1. The fourth-order valence-corrected chi connectivity index (χ4v) is 1.70. The van der Waals surface area contributed by atoms with Crippen molar-refractivity contribution in [2.45, 2.75) is 46.1 Å². The van der Waals surface area contributed by atoms with Gasteiger partial charge in [-0.05, 0) is 19.8 Å². The fraction of sp³-hybridized carbons (Fsp3) is 0.833. The lowest BCUT2D eigenvalue weighted by atomic mass is 10.1. The van der Waals surface area contributed by atoms with Crippen LogP contribution in [-0.4, -0.2) is 36.0 Å². The monoisotopic (exact) mass is 227 g/mol. The van der Waals surface area contributed by atoms with Gasteiger partial charge in [0, 0.05) is 19.0 Å². The molecule has 0 spiro atoms. The summed E-state index contributed by atoms with van der Waals surface area (Å²) in [7, 11) is 0. The zero-order chi connectivity index (χ0) is 12.1. The molecule has 0 N–H and O–H groups in total. The lowest BCUT2D eigenvalue weighted by Crippen LogP contribution is -2.38. The smallest absolute Gasteiger partial charge is 0.310 e. The van der Waals surface area contributed by atoms with Crippen molar-refractivity contribution in [2.75, 3.05) is 13.2 Å². The van der Waals surface area contributed by atoms with Crippen LogP contribution in [0.4, 0.5) is 0 Å². The molecule has 1 fully saturated rings. The Kier molecular flexibility index (Phi) is 4.77. The number of rotatable bonds is 6. The van der Waals surface area contributed by atoms with Gasteiger partial charge in [0.05, 0.1) is 12.5 Å². The molecule has 92 valence electrons. The zero-order valence-electron chi connectivity index (χ0n) is 10.4. The van der Waals surface area contributed by atoms with Crippen LogP contribution in [-0.2, 0) is 14.3 Å². The van der Waals surface area contributed by atoms with Crippen LogP contribution in [0.1, 0.15) is 40.0 Å². The molecule has 1 rings (SSSR count). The van der Waals surface area contributed by atoms with Crippen LogP contribution < -0.4 is 0 Å². The molecule has 0 aromatic carbocycles. The molecule has 1 aliphatic rings. The average Bonchev–Trinajstić information content (AvgIpc) is 3.08. The highest BCUT2D eigenvalue weighted by molar-refractivity contribution is 5.78. The SMILES string of the molecule is CCOC(=O)C(C)CN(C(=O)CC)C1CC1. The summed E-state index contributed by atoms with van der Waals surface area (Å²) >= 11 is 0. The first kappa shape index (κ1) is 13.0. The van der Waals surface area contributed by atoms with Crippen molar-refractivity contribution in [3.05, 3.63) is 0 Å². The van der Waals surface area contributed by atoms with Crippen LogP contribution in [0.25, 0.3) is 0 Å². The summed E-state index contributed by atoms with van der Waals surface area (Å²) in [5.74, 6) is -0.299. The Balaban J connectivity index is 2.47. The minimum absolute atomic E-state index is 0.138. The van der Waals surface area contributed by atoms with Gasteiger partial charge in [0.25, 0.3) is 0 Å². The molecule has 0 aromatic heterocycles. The molecule has 1 unspecified atom stereocenters. The van der Waals surface area contributed by atoms with E-state index in [-0.39, 0.29) is 17.8 Å². The lowest BCUT2D eigenvalue weighted by Gasteiger charge is -2.24. The third-order valence-corrected chi connectivity index (χ3v) is 2.77. The quantitative estimate of drug-likeness (QED) is 0.647. The van der Waals surface area contributed by atoms with E-state index in [9.17, 15) is 9.59 Å². The van der Waals surface area contributed by atoms with Crippen molar-refractivity contribution < 1.29 is 14.3 Å². The highest BCUT2D eigenvalue weighted by atomic mass is 16.5. The van der Waals surface area contributed by atoms with Crippen molar-refractivity contribution in [3.8, 4) is 0 Å². The number of hydrogen-bond donors (Lipinski definition) is 0. The van der Waals surface area contributed by atoms with Gasteiger partial charge in [-0.3, -0.25) is 9.59 Å². The summed E-state index contributed by atoms with van der Waals surface area (Å²) in [4.78, 5) is 25.0. The Bertz CT molecular complexity index is 261. The summed E-state index contributed by atoms with van der Waals surface area (Å²) in [6, 6.07) is 0.365. The van der Waals surface area contributed by atoms with Gasteiger partial charge in [-0.25, -0.2) is 0 Å². The highest BCUT2D eigenvalue weighted by Crippen LogP contribution is 2.28. The molecule has 1 atom stereocenters. The van der Waals surface area contributed by atoms with E-state index in [2.05, 4.69) is 0 Å². The highest BCUT2D eigenvalue weighted by Gasteiger charge is 2.33. The number of carbonyl (C=O) groups is 2. The van der Waals surface area contributed by atoms with E-state index < -0.39 is 0 Å². The number of amides is 1. The Morgan fingerprint density at radius 3 is 2.44 bits per heavy atom. The standard InChI is InChI=1S/C12H21NO3/c1-4-11(14)13(10-6-7-10)8-9(3)12(15)16-5-2/h9-10H,4-8H2,1-3H3.